The van der Waals surface area contributed by atoms with Gasteiger partial charge >= 0.3 is 0 Å². The molecule has 0 bridgehead atoms. The van der Waals surface area contributed by atoms with Gasteiger partial charge in [-0.15, -0.1) is 0 Å². The van der Waals surface area contributed by atoms with Crippen LogP contribution in [0, 0.1) is 5.41 Å². The largest absolute Gasteiger partial charge is 0.344 e. The summed E-state index contributed by atoms with van der Waals surface area (Å²) in [5.41, 5.74) is -0.329. The molecule has 1 aliphatic rings. The van der Waals surface area contributed by atoms with Crippen molar-refractivity contribution in [1.82, 2.24) is 10.2 Å². The summed E-state index contributed by atoms with van der Waals surface area (Å²) in [6.07, 6.45) is 1.94. The highest BCUT2D eigenvalue weighted by Crippen LogP contribution is 2.23. The minimum absolute atomic E-state index is 0.0735. The van der Waals surface area contributed by atoms with Crippen molar-refractivity contribution < 1.29 is 13.8 Å². The molecule has 0 aromatic heterocycles. The van der Waals surface area contributed by atoms with Gasteiger partial charge in [0.1, 0.15) is 6.04 Å². The molecule has 1 fully saturated rings. The zero-order chi connectivity index (χ0) is 14.8. The van der Waals surface area contributed by atoms with E-state index in [0.717, 1.165) is 0 Å². The van der Waals surface area contributed by atoms with Gasteiger partial charge in [-0.05, 0) is 12.3 Å². The molecular formula is C13H24N2O3S. The van der Waals surface area contributed by atoms with Crippen LogP contribution in [0.1, 0.15) is 34.1 Å². The minimum atomic E-state index is -0.973. The van der Waals surface area contributed by atoms with Gasteiger partial charge in [0, 0.05) is 41.8 Å². The van der Waals surface area contributed by atoms with E-state index in [9.17, 15) is 13.8 Å². The second-order valence-corrected chi connectivity index (χ2v) is 8.01. The fourth-order valence-corrected chi connectivity index (χ4v) is 2.40. The van der Waals surface area contributed by atoms with Crippen LogP contribution in [0.4, 0.5) is 0 Å². The Labute approximate surface area is 117 Å². The van der Waals surface area contributed by atoms with Crippen molar-refractivity contribution in [3.05, 3.63) is 0 Å². The van der Waals surface area contributed by atoms with E-state index >= 15 is 0 Å². The van der Waals surface area contributed by atoms with E-state index in [-0.39, 0.29) is 22.5 Å². The minimum Gasteiger partial charge on any atom is -0.344 e. The SMILES string of the molecule is CC(CN1CCC(=O)NC(C(C)(C)C)C1=O)S(C)=O. The number of hydrogen-bond acceptors (Lipinski definition) is 3. The first-order chi connectivity index (χ1) is 8.62. The van der Waals surface area contributed by atoms with Crippen LogP contribution in [-0.4, -0.2) is 51.6 Å². The third kappa shape index (κ3) is 4.30. The summed E-state index contributed by atoms with van der Waals surface area (Å²) in [5.74, 6) is -0.170. The average molecular weight is 288 g/mol. The van der Waals surface area contributed by atoms with Crippen LogP contribution in [0.5, 0.6) is 0 Å². The van der Waals surface area contributed by atoms with Crippen molar-refractivity contribution in [1.29, 1.82) is 0 Å². The molecule has 1 heterocycles. The van der Waals surface area contributed by atoms with Gasteiger partial charge in [0.25, 0.3) is 0 Å². The number of rotatable bonds is 3. The molecule has 2 amide bonds. The first kappa shape index (κ1) is 16.1. The van der Waals surface area contributed by atoms with Crippen LogP contribution in [0.3, 0.4) is 0 Å². The van der Waals surface area contributed by atoms with E-state index in [0.29, 0.717) is 19.5 Å². The Hall–Kier alpha value is -0.910. The number of amides is 2. The van der Waals surface area contributed by atoms with Crippen molar-refractivity contribution in [3.8, 4) is 0 Å². The van der Waals surface area contributed by atoms with Gasteiger partial charge in [-0.3, -0.25) is 13.8 Å². The van der Waals surface area contributed by atoms with Crippen LogP contribution >= 0.6 is 0 Å². The summed E-state index contributed by atoms with van der Waals surface area (Å²) in [6, 6.07) is -0.514. The first-order valence-electron chi connectivity index (χ1n) is 6.53. The first-order valence-corrected chi connectivity index (χ1v) is 8.15. The lowest BCUT2D eigenvalue weighted by molar-refractivity contribution is -0.136. The summed E-state index contributed by atoms with van der Waals surface area (Å²) < 4.78 is 11.4. The van der Waals surface area contributed by atoms with E-state index in [1.54, 1.807) is 11.2 Å². The van der Waals surface area contributed by atoms with Crippen LogP contribution in [0.15, 0.2) is 0 Å². The second-order valence-electron chi connectivity index (χ2n) is 6.21. The highest BCUT2D eigenvalue weighted by molar-refractivity contribution is 7.84. The van der Waals surface area contributed by atoms with Crippen molar-refractivity contribution in [2.24, 2.45) is 5.41 Å². The predicted molar refractivity (Wildman–Crippen MR) is 76.1 cm³/mol. The van der Waals surface area contributed by atoms with Crippen LogP contribution < -0.4 is 5.32 Å². The molecule has 0 spiro atoms. The molecule has 1 saturated heterocycles. The number of carbonyl (C=O) groups excluding carboxylic acids is 2. The third-order valence-corrected chi connectivity index (χ3v) is 4.67. The van der Waals surface area contributed by atoms with Gasteiger partial charge in [0.05, 0.1) is 0 Å². The van der Waals surface area contributed by atoms with Crippen LogP contribution in [0.25, 0.3) is 0 Å². The monoisotopic (exact) mass is 288 g/mol. The molecule has 5 nitrogen and oxygen atoms in total. The Morgan fingerprint density at radius 2 is 2.00 bits per heavy atom. The summed E-state index contributed by atoms with van der Waals surface area (Å²) in [6.45, 7) is 8.49. The smallest absolute Gasteiger partial charge is 0.245 e. The lowest BCUT2D eigenvalue weighted by Crippen LogP contribution is -2.53. The van der Waals surface area contributed by atoms with Gasteiger partial charge in [0.15, 0.2) is 0 Å². The molecule has 3 unspecified atom stereocenters. The molecule has 0 saturated carbocycles. The summed E-state index contributed by atoms with van der Waals surface area (Å²) in [5, 5.41) is 2.71. The summed E-state index contributed by atoms with van der Waals surface area (Å²) in [7, 11) is -0.973. The molecule has 0 aromatic rings. The van der Waals surface area contributed by atoms with E-state index < -0.39 is 16.8 Å². The van der Waals surface area contributed by atoms with Gasteiger partial charge in [-0.2, -0.15) is 0 Å². The number of hydrogen-bond donors (Lipinski definition) is 1. The molecule has 1 N–H and O–H groups in total. The van der Waals surface area contributed by atoms with E-state index in [1.807, 2.05) is 27.7 Å². The molecular weight excluding hydrogens is 264 g/mol. The fourth-order valence-electron chi connectivity index (χ4n) is 2.01. The molecule has 3 atom stereocenters. The summed E-state index contributed by atoms with van der Waals surface area (Å²) >= 11 is 0. The highest BCUT2D eigenvalue weighted by Gasteiger charge is 2.38. The zero-order valence-corrected chi connectivity index (χ0v) is 13.2. The maximum absolute atomic E-state index is 12.5. The normalized spacial score (nSPS) is 24.7. The maximum Gasteiger partial charge on any atom is 0.245 e. The molecule has 1 aliphatic heterocycles. The molecule has 0 radical (unpaired) electrons. The van der Waals surface area contributed by atoms with Crippen molar-refractivity contribution in [2.45, 2.75) is 45.4 Å². The number of carbonyl (C=O) groups is 2. The van der Waals surface area contributed by atoms with Crippen molar-refractivity contribution >= 4 is 22.6 Å². The quantitative estimate of drug-likeness (QED) is 0.823. The Balaban J connectivity index is 2.90. The van der Waals surface area contributed by atoms with E-state index in [4.69, 9.17) is 0 Å². The summed E-state index contributed by atoms with van der Waals surface area (Å²) in [4.78, 5) is 25.9. The van der Waals surface area contributed by atoms with Gasteiger partial charge in [0.2, 0.25) is 11.8 Å². The van der Waals surface area contributed by atoms with Crippen molar-refractivity contribution in [2.75, 3.05) is 19.3 Å². The third-order valence-electron chi connectivity index (χ3n) is 3.38. The molecule has 0 aromatic carbocycles. The van der Waals surface area contributed by atoms with Gasteiger partial charge < -0.3 is 10.2 Å². The fraction of sp³-hybridized carbons (Fsp3) is 0.846. The number of nitrogens with zero attached hydrogens (tertiary/aromatic N) is 1. The molecule has 0 aliphatic carbocycles. The predicted octanol–water partition coefficient (Wildman–Crippen LogP) is 0.517. The second kappa shape index (κ2) is 6.03. The Bertz CT molecular complexity index is 390. The highest BCUT2D eigenvalue weighted by atomic mass is 32.2. The topological polar surface area (TPSA) is 66.5 Å². The standard InChI is InChI=1S/C13H24N2O3S/c1-9(19(5)18)8-15-7-6-10(16)14-11(12(15)17)13(2,3)4/h9,11H,6-8H2,1-5H3,(H,14,16). The van der Waals surface area contributed by atoms with Gasteiger partial charge in [-0.25, -0.2) is 0 Å². The molecule has 110 valence electrons. The Kier molecular flexibility index (Phi) is 5.12. The number of nitrogens with one attached hydrogen (secondary N) is 1. The average Bonchev–Trinajstić information content (AvgIpc) is 2.40. The van der Waals surface area contributed by atoms with Crippen molar-refractivity contribution in [3.63, 3.8) is 0 Å². The van der Waals surface area contributed by atoms with Crippen LogP contribution in [0.2, 0.25) is 0 Å². The van der Waals surface area contributed by atoms with Gasteiger partial charge in [-0.1, -0.05) is 20.8 Å². The molecule has 6 heteroatoms. The molecule has 19 heavy (non-hydrogen) atoms. The zero-order valence-electron chi connectivity index (χ0n) is 12.4. The lowest BCUT2D eigenvalue weighted by Gasteiger charge is -2.33. The van der Waals surface area contributed by atoms with Crippen LogP contribution in [-0.2, 0) is 20.4 Å². The Morgan fingerprint density at radius 1 is 1.42 bits per heavy atom. The van der Waals surface area contributed by atoms with E-state index in [1.165, 1.54) is 0 Å². The Morgan fingerprint density at radius 3 is 2.47 bits per heavy atom. The lowest BCUT2D eigenvalue weighted by atomic mass is 9.86. The van der Waals surface area contributed by atoms with E-state index in [2.05, 4.69) is 5.32 Å². The molecule has 1 rings (SSSR count). The maximum atomic E-state index is 12.5.